The number of nitrogens with zero attached hydrogens (tertiary/aromatic N) is 3. The number of fused-ring (bicyclic) bond motifs is 2. The van der Waals surface area contributed by atoms with E-state index >= 15 is 0 Å². The molecular formula is C18H25N3. The molecule has 4 rings (SSSR count). The molecule has 2 bridgehead atoms. The summed E-state index contributed by atoms with van der Waals surface area (Å²) >= 11 is 0. The van der Waals surface area contributed by atoms with Crippen LogP contribution in [0.3, 0.4) is 0 Å². The van der Waals surface area contributed by atoms with Gasteiger partial charge in [-0.05, 0) is 42.7 Å². The van der Waals surface area contributed by atoms with Gasteiger partial charge in [0.15, 0.2) is 0 Å². The molecule has 0 N–H and O–H groups in total. The van der Waals surface area contributed by atoms with Gasteiger partial charge in [0.1, 0.15) is 0 Å². The van der Waals surface area contributed by atoms with Gasteiger partial charge in [-0.2, -0.15) is 0 Å². The van der Waals surface area contributed by atoms with Crippen molar-refractivity contribution in [2.75, 3.05) is 32.7 Å². The molecule has 112 valence electrons. The molecule has 1 aromatic rings. The number of rotatable bonds is 4. The minimum absolute atomic E-state index is 0.890. The van der Waals surface area contributed by atoms with Crippen molar-refractivity contribution in [3.05, 3.63) is 42.2 Å². The minimum Gasteiger partial charge on any atom is -0.300 e. The largest absolute Gasteiger partial charge is 0.300 e. The van der Waals surface area contributed by atoms with Crippen LogP contribution in [0, 0.1) is 17.8 Å². The van der Waals surface area contributed by atoms with Gasteiger partial charge in [-0.25, -0.2) is 0 Å². The van der Waals surface area contributed by atoms with Gasteiger partial charge in [0.25, 0.3) is 0 Å². The number of piperazine rings is 1. The minimum atomic E-state index is 0.890. The van der Waals surface area contributed by atoms with Gasteiger partial charge in [-0.15, -0.1) is 0 Å². The SMILES string of the molecule is C1=C[C@@H]2C[C@@H]1C[C@@H]2CN1CCN(Cc2ccccn2)CC1. The highest BCUT2D eigenvalue weighted by atomic mass is 15.3. The van der Waals surface area contributed by atoms with Gasteiger partial charge < -0.3 is 4.90 Å². The molecule has 1 saturated heterocycles. The third kappa shape index (κ3) is 3.04. The summed E-state index contributed by atoms with van der Waals surface area (Å²) < 4.78 is 0. The molecule has 2 aliphatic carbocycles. The Hall–Kier alpha value is -1.19. The average Bonchev–Trinajstić information content (AvgIpc) is 3.13. The summed E-state index contributed by atoms with van der Waals surface area (Å²) in [6.07, 6.45) is 9.70. The standard InChI is InChI=1S/C18H25N3/c1-2-6-19-18(3-1)14-21-9-7-20(8-10-21)13-17-12-15-4-5-16(17)11-15/h1-6,15-17H,7-14H2/t15-,16-,17-/m1/s1. The number of hydrogen-bond donors (Lipinski definition) is 0. The van der Waals surface area contributed by atoms with Crippen LogP contribution in [0.4, 0.5) is 0 Å². The number of hydrogen-bond acceptors (Lipinski definition) is 3. The van der Waals surface area contributed by atoms with Crippen molar-refractivity contribution in [3.63, 3.8) is 0 Å². The Bertz CT molecular complexity index is 490. The van der Waals surface area contributed by atoms with Crippen molar-refractivity contribution in [1.82, 2.24) is 14.8 Å². The maximum Gasteiger partial charge on any atom is 0.0543 e. The molecule has 3 heteroatoms. The van der Waals surface area contributed by atoms with Crippen molar-refractivity contribution in [2.45, 2.75) is 19.4 Å². The first-order valence-corrected chi connectivity index (χ1v) is 8.40. The molecule has 0 amide bonds. The van der Waals surface area contributed by atoms with Gasteiger partial charge in [0.2, 0.25) is 0 Å². The number of aromatic nitrogens is 1. The summed E-state index contributed by atoms with van der Waals surface area (Å²) in [6, 6.07) is 6.21. The van der Waals surface area contributed by atoms with Crippen LogP contribution < -0.4 is 0 Å². The highest BCUT2D eigenvalue weighted by Gasteiger charge is 2.36. The molecule has 0 radical (unpaired) electrons. The third-order valence-electron chi connectivity index (χ3n) is 5.49. The van der Waals surface area contributed by atoms with Crippen LogP contribution in [0.5, 0.6) is 0 Å². The van der Waals surface area contributed by atoms with Crippen molar-refractivity contribution < 1.29 is 0 Å². The van der Waals surface area contributed by atoms with Gasteiger partial charge in [-0.3, -0.25) is 9.88 Å². The second-order valence-electron chi connectivity index (χ2n) is 6.94. The number of pyridine rings is 1. The van der Waals surface area contributed by atoms with E-state index in [4.69, 9.17) is 0 Å². The molecule has 21 heavy (non-hydrogen) atoms. The van der Waals surface area contributed by atoms with Gasteiger partial charge in [0, 0.05) is 45.5 Å². The Morgan fingerprint density at radius 3 is 2.52 bits per heavy atom. The van der Waals surface area contributed by atoms with Crippen LogP contribution in [0.1, 0.15) is 18.5 Å². The van der Waals surface area contributed by atoms with Crippen molar-refractivity contribution >= 4 is 0 Å². The Morgan fingerprint density at radius 1 is 1.00 bits per heavy atom. The molecule has 3 nitrogen and oxygen atoms in total. The quantitative estimate of drug-likeness (QED) is 0.791. The Balaban J connectivity index is 1.24. The zero-order valence-corrected chi connectivity index (χ0v) is 12.7. The molecule has 1 saturated carbocycles. The van der Waals surface area contributed by atoms with Crippen LogP contribution in [0.25, 0.3) is 0 Å². The van der Waals surface area contributed by atoms with Crippen molar-refractivity contribution in [1.29, 1.82) is 0 Å². The van der Waals surface area contributed by atoms with E-state index in [9.17, 15) is 0 Å². The normalized spacial score (nSPS) is 32.9. The zero-order chi connectivity index (χ0) is 14.1. The molecule has 0 aromatic carbocycles. The van der Waals surface area contributed by atoms with E-state index in [0.717, 1.165) is 24.3 Å². The molecule has 0 spiro atoms. The summed E-state index contributed by atoms with van der Waals surface area (Å²) in [5, 5.41) is 0. The number of allylic oxidation sites excluding steroid dienone is 2. The van der Waals surface area contributed by atoms with Crippen molar-refractivity contribution in [2.24, 2.45) is 17.8 Å². The summed E-state index contributed by atoms with van der Waals surface area (Å²) in [4.78, 5) is 9.67. The summed E-state index contributed by atoms with van der Waals surface area (Å²) in [7, 11) is 0. The van der Waals surface area contributed by atoms with E-state index in [1.807, 2.05) is 12.3 Å². The Morgan fingerprint density at radius 2 is 1.86 bits per heavy atom. The van der Waals surface area contributed by atoms with Crippen LogP contribution in [-0.4, -0.2) is 47.5 Å². The van der Waals surface area contributed by atoms with Gasteiger partial charge >= 0.3 is 0 Å². The molecule has 3 aliphatic rings. The fourth-order valence-electron chi connectivity index (χ4n) is 4.29. The van der Waals surface area contributed by atoms with Crippen LogP contribution in [0.2, 0.25) is 0 Å². The summed E-state index contributed by atoms with van der Waals surface area (Å²) in [5.41, 5.74) is 1.20. The monoisotopic (exact) mass is 283 g/mol. The van der Waals surface area contributed by atoms with Crippen LogP contribution >= 0.6 is 0 Å². The van der Waals surface area contributed by atoms with Crippen LogP contribution in [-0.2, 0) is 6.54 Å². The second-order valence-corrected chi connectivity index (χ2v) is 6.94. The molecular weight excluding hydrogens is 258 g/mol. The van der Waals surface area contributed by atoms with E-state index < -0.39 is 0 Å². The average molecular weight is 283 g/mol. The predicted molar refractivity (Wildman–Crippen MR) is 84.8 cm³/mol. The van der Waals surface area contributed by atoms with E-state index in [1.54, 1.807) is 0 Å². The lowest BCUT2D eigenvalue weighted by atomic mass is 9.93. The molecule has 1 aromatic heterocycles. The predicted octanol–water partition coefficient (Wildman–Crippen LogP) is 2.41. The summed E-state index contributed by atoms with van der Waals surface area (Å²) in [5.74, 6) is 2.73. The van der Waals surface area contributed by atoms with Gasteiger partial charge in [-0.1, -0.05) is 18.2 Å². The first-order chi connectivity index (χ1) is 10.4. The Kier molecular flexibility index (Phi) is 3.78. The lowest BCUT2D eigenvalue weighted by molar-refractivity contribution is 0.107. The highest BCUT2D eigenvalue weighted by molar-refractivity contribution is 5.10. The molecule has 1 aliphatic heterocycles. The van der Waals surface area contributed by atoms with E-state index in [1.165, 1.54) is 51.3 Å². The lowest BCUT2D eigenvalue weighted by Crippen LogP contribution is -2.47. The molecule has 2 fully saturated rings. The maximum atomic E-state index is 4.44. The first kappa shape index (κ1) is 13.5. The van der Waals surface area contributed by atoms with E-state index in [0.29, 0.717) is 0 Å². The fraction of sp³-hybridized carbons (Fsp3) is 0.611. The molecule has 2 heterocycles. The maximum absolute atomic E-state index is 4.44. The topological polar surface area (TPSA) is 19.4 Å². The van der Waals surface area contributed by atoms with Gasteiger partial charge in [0.05, 0.1) is 5.69 Å². The Labute approximate surface area is 127 Å². The third-order valence-corrected chi connectivity index (χ3v) is 5.49. The second kappa shape index (κ2) is 5.90. The smallest absolute Gasteiger partial charge is 0.0543 e. The molecule has 3 atom stereocenters. The van der Waals surface area contributed by atoms with E-state index in [2.05, 4.69) is 39.1 Å². The van der Waals surface area contributed by atoms with Crippen molar-refractivity contribution in [3.8, 4) is 0 Å². The fourth-order valence-corrected chi connectivity index (χ4v) is 4.29. The zero-order valence-electron chi connectivity index (χ0n) is 12.7. The summed E-state index contributed by atoms with van der Waals surface area (Å²) in [6.45, 7) is 7.16. The molecule has 0 unspecified atom stereocenters. The first-order valence-electron chi connectivity index (χ1n) is 8.40. The highest BCUT2D eigenvalue weighted by Crippen LogP contribution is 2.43. The van der Waals surface area contributed by atoms with E-state index in [-0.39, 0.29) is 0 Å². The van der Waals surface area contributed by atoms with Crippen LogP contribution in [0.15, 0.2) is 36.5 Å². The lowest BCUT2D eigenvalue weighted by Gasteiger charge is -2.36.